The van der Waals surface area contributed by atoms with Crippen LogP contribution in [0.5, 0.6) is 0 Å². The summed E-state index contributed by atoms with van der Waals surface area (Å²) in [6.07, 6.45) is -4.57. The molecule has 1 fully saturated rings. The first-order valence-corrected chi connectivity index (χ1v) is 6.76. The zero-order valence-electron chi connectivity index (χ0n) is 11.4. The van der Waals surface area contributed by atoms with Crippen molar-refractivity contribution in [2.45, 2.75) is 6.18 Å². The summed E-state index contributed by atoms with van der Waals surface area (Å²) >= 11 is 5.60. The maximum atomic E-state index is 12.9. The van der Waals surface area contributed by atoms with Crippen LogP contribution in [0.25, 0.3) is 0 Å². The second-order valence-corrected chi connectivity index (χ2v) is 5.34. The van der Waals surface area contributed by atoms with Crippen molar-refractivity contribution in [1.29, 1.82) is 0 Å². The van der Waals surface area contributed by atoms with Gasteiger partial charge in [0.25, 0.3) is 0 Å². The van der Waals surface area contributed by atoms with Gasteiger partial charge in [0.1, 0.15) is 0 Å². The van der Waals surface area contributed by atoms with E-state index in [4.69, 9.17) is 11.6 Å². The summed E-state index contributed by atoms with van der Waals surface area (Å²) in [5.74, 6) is 0. The predicted octanol–water partition coefficient (Wildman–Crippen LogP) is 3.14. The highest BCUT2D eigenvalue weighted by atomic mass is 35.5. The second kappa shape index (κ2) is 6.11. The van der Waals surface area contributed by atoms with Gasteiger partial charge in [-0.2, -0.15) is 13.2 Å². The van der Waals surface area contributed by atoms with E-state index in [1.807, 2.05) is 11.9 Å². The minimum atomic E-state index is -4.57. The van der Waals surface area contributed by atoms with E-state index < -0.39 is 17.8 Å². The molecular weight excluding hydrogens is 307 g/mol. The minimum Gasteiger partial charge on any atom is -0.322 e. The maximum absolute atomic E-state index is 12.9. The second-order valence-electron chi connectivity index (χ2n) is 4.91. The Balaban J connectivity index is 2.14. The fourth-order valence-corrected chi connectivity index (χ4v) is 2.24. The number of hydrogen-bond acceptors (Lipinski definition) is 2. The molecule has 1 N–H and O–H groups in total. The number of amides is 2. The highest BCUT2D eigenvalue weighted by Gasteiger charge is 2.34. The third-order valence-corrected chi connectivity index (χ3v) is 3.55. The summed E-state index contributed by atoms with van der Waals surface area (Å²) in [6.45, 7) is 2.36. The average Bonchev–Trinajstić information content (AvgIpc) is 2.40. The maximum Gasteiger partial charge on any atom is 0.418 e. The quantitative estimate of drug-likeness (QED) is 0.862. The number of hydrogen-bond donors (Lipinski definition) is 1. The first kappa shape index (κ1) is 15.9. The third-order valence-electron chi connectivity index (χ3n) is 3.32. The summed E-state index contributed by atoms with van der Waals surface area (Å²) in [5, 5.41) is 2.29. The Bertz CT molecular complexity index is 528. The SMILES string of the molecule is CN1CCN(C(=O)Nc2ccc(Cl)cc2C(F)(F)F)CC1. The first-order valence-electron chi connectivity index (χ1n) is 6.38. The zero-order chi connectivity index (χ0) is 15.6. The van der Waals surface area contributed by atoms with Gasteiger partial charge < -0.3 is 15.1 Å². The Morgan fingerprint density at radius 2 is 1.86 bits per heavy atom. The number of likely N-dealkylation sites (N-methyl/N-ethyl adjacent to an activating group) is 1. The molecule has 0 spiro atoms. The molecule has 2 amide bonds. The average molecular weight is 322 g/mol. The lowest BCUT2D eigenvalue weighted by Gasteiger charge is -2.32. The molecule has 1 aliphatic heterocycles. The van der Waals surface area contributed by atoms with Crippen LogP contribution in [0.15, 0.2) is 18.2 Å². The number of alkyl halides is 3. The summed E-state index contributed by atoms with van der Waals surface area (Å²) in [5.41, 5.74) is -1.23. The van der Waals surface area contributed by atoms with E-state index in [1.165, 1.54) is 17.0 Å². The van der Waals surface area contributed by atoms with Crippen molar-refractivity contribution in [1.82, 2.24) is 9.80 Å². The monoisotopic (exact) mass is 321 g/mol. The fraction of sp³-hybridized carbons (Fsp3) is 0.462. The van der Waals surface area contributed by atoms with Crippen molar-refractivity contribution in [3.8, 4) is 0 Å². The number of halogens is 4. The Hall–Kier alpha value is -1.47. The number of rotatable bonds is 1. The standard InChI is InChI=1S/C13H15ClF3N3O/c1-19-4-6-20(7-5-19)12(21)18-11-3-2-9(14)8-10(11)13(15,16)17/h2-3,8H,4-7H2,1H3,(H,18,21). The number of nitrogens with one attached hydrogen (secondary N) is 1. The van der Waals surface area contributed by atoms with Crippen LogP contribution in [-0.2, 0) is 6.18 Å². The molecule has 0 bridgehead atoms. The molecule has 1 heterocycles. The Labute approximate surface area is 125 Å². The van der Waals surface area contributed by atoms with Crippen LogP contribution in [-0.4, -0.2) is 49.1 Å². The smallest absolute Gasteiger partial charge is 0.322 e. The molecule has 1 aliphatic rings. The molecule has 8 heteroatoms. The van der Waals surface area contributed by atoms with Crippen molar-refractivity contribution in [2.24, 2.45) is 0 Å². The lowest BCUT2D eigenvalue weighted by atomic mass is 10.1. The first-order chi connectivity index (χ1) is 9.77. The van der Waals surface area contributed by atoms with E-state index in [1.54, 1.807) is 0 Å². The molecule has 4 nitrogen and oxygen atoms in total. The van der Waals surface area contributed by atoms with Crippen LogP contribution >= 0.6 is 11.6 Å². The number of benzene rings is 1. The molecule has 0 aliphatic carbocycles. The Kier molecular flexibility index (Phi) is 4.63. The summed E-state index contributed by atoms with van der Waals surface area (Å²) < 4.78 is 38.8. The highest BCUT2D eigenvalue weighted by Crippen LogP contribution is 2.36. The molecule has 0 atom stereocenters. The molecule has 21 heavy (non-hydrogen) atoms. The van der Waals surface area contributed by atoms with Gasteiger partial charge in [-0.1, -0.05) is 11.6 Å². The van der Waals surface area contributed by atoms with Gasteiger partial charge in [0.05, 0.1) is 11.3 Å². The van der Waals surface area contributed by atoms with E-state index >= 15 is 0 Å². The van der Waals surface area contributed by atoms with Crippen LogP contribution in [0.3, 0.4) is 0 Å². The molecular formula is C13H15ClF3N3O. The van der Waals surface area contributed by atoms with Crippen molar-refractivity contribution in [3.05, 3.63) is 28.8 Å². The molecule has 1 aromatic rings. The van der Waals surface area contributed by atoms with Crippen molar-refractivity contribution < 1.29 is 18.0 Å². The van der Waals surface area contributed by atoms with E-state index in [0.29, 0.717) is 26.2 Å². The van der Waals surface area contributed by atoms with Gasteiger partial charge in [-0.15, -0.1) is 0 Å². The van der Waals surface area contributed by atoms with E-state index in [2.05, 4.69) is 5.32 Å². The summed E-state index contributed by atoms with van der Waals surface area (Å²) in [4.78, 5) is 15.6. The van der Waals surface area contributed by atoms with Crippen LogP contribution < -0.4 is 5.32 Å². The molecule has 0 saturated carbocycles. The normalized spacial score (nSPS) is 16.9. The largest absolute Gasteiger partial charge is 0.418 e. The lowest BCUT2D eigenvalue weighted by Crippen LogP contribution is -2.48. The van der Waals surface area contributed by atoms with Crippen LogP contribution in [0, 0.1) is 0 Å². The molecule has 116 valence electrons. The van der Waals surface area contributed by atoms with Gasteiger partial charge in [-0.25, -0.2) is 4.79 Å². The van der Waals surface area contributed by atoms with Gasteiger partial charge in [0, 0.05) is 31.2 Å². The lowest BCUT2D eigenvalue weighted by molar-refractivity contribution is -0.136. The third kappa shape index (κ3) is 4.01. The number of piperazine rings is 1. The van der Waals surface area contributed by atoms with Crippen molar-refractivity contribution in [2.75, 3.05) is 38.5 Å². The number of anilines is 1. The van der Waals surface area contributed by atoms with Gasteiger partial charge in [-0.05, 0) is 25.2 Å². The summed E-state index contributed by atoms with van der Waals surface area (Å²) in [7, 11) is 1.93. The molecule has 0 radical (unpaired) electrons. The molecule has 1 saturated heterocycles. The van der Waals surface area contributed by atoms with E-state index in [-0.39, 0.29) is 10.7 Å². The number of nitrogens with zero attached hydrogens (tertiary/aromatic N) is 2. The van der Waals surface area contributed by atoms with Crippen LogP contribution in [0.4, 0.5) is 23.7 Å². The predicted molar refractivity (Wildman–Crippen MR) is 74.5 cm³/mol. The number of carbonyl (C=O) groups excluding carboxylic acids is 1. The van der Waals surface area contributed by atoms with Gasteiger partial charge in [0.2, 0.25) is 0 Å². The zero-order valence-corrected chi connectivity index (χ0v) is 12.1. The number of carbonyl (C=O) groups is 1. The highest BCUT2D eigenvalue weighted by molar-refractivity contribution is 6.30. The molecule has 2 rings (SSSR count). The topological polar surface area (TPSA) is 35.6 Å². The molecule has 0 aromatic heterocycles. The fourth-order valence-electron chi connectivity index (χ4n) is 2.06. The van der Waals surface area contributed by atoms with Crippen LogP contribution in [0.2, 0.25) is 5.02 Å². The van der Waals surface area contributed by atoms with E-state index in [0.717, 1.165) is 6.07 Å². The Morgan fingerprint density at radius 3 is 2.43 bits per heavy atom. The van der Waals surface area contributed by atoms with E-state index in [9.17, 15) is 18.0 Å². The Morgan fingerprint density at radius 1 is 1.24 bits per heavy atom. The van der Waals surface area contributed by atoms with Gasteiger partial charge in [-0.3, -0.25) is 0 Å². The van der Waals surface area contributed by atoms with Gasteiger partial charge >= 0.3 is 12.2 Å². The molecule has 0 unspecified atom stereocenters. The van der Waals surface area contributed by atoms with Crippen molar-refractivity contribution in [3.63, 3.8) is 0 Å². The van der Waals surface area contributed by atoms with Crippen LogP contribution in [0.1, 0.15) is 5.56 Å². The minimum absolute atomic E-state index is 0.0279. The summed E-state index contributed by atoms with van der Waals surface area (Å²) in [6, 6.07) is 2.76. The van der Waals surface area contributed by atoms with Crippen molar-refractivity contribution >= 4 is 23.3 Å². The number of urea groups is 1. The molecule has 1 aromatic carbocycles. The van der Waals surface area contributed by atoms with Gasteiger partial charge in [0.15, 0.2) is 0 Å².